The van der Waals surface area contributed by atoms with E-state index in [1.54, 1.807) is 20.2 Å². The Kier molecular flexibility index (Phi) is 5.36. The highest BCUT2D eigenvalue weighted by Crippen LogP contribution is 2.15. The van der Waals surface area contributed by atoms with E-state index in [4.69, 9.17) is 4.74 Å². The topological polar surface area (TPSA) is 67.3 Å². The van der Waals surface area contributed by atoms with E-state index < -0.39 is 5.60 Å². The quantitative estimate of drug-likeness (QED) is 0.766. The minimum absolute atomic E-state index is 0.434. The average Bonchev–Trinajstić information content (AvgIpc) is 2.26. The van der Waals surface area contributed by atoms with Crippen LogP contribution in [0.3, 0.4) is 0 Å². The molecule has 0 fully saturated rings. The number of aromatic nitrogens is 2. The van der Waals surface area contributed by atoms with Gasteiger partial charge in [0.1, 0.15) is 12.1 Å². The fourth-order valence-electron chi connectivity index (χ4n) is 1.13. The van der Waals surface area contributed by atoms with Crippen LogP contribution in [0.1, 0.15) is 13.3 Å². The van der Waals surface area contributed by atoms with Crippen LogP contribution in [0.25, 0.3) is 0 Å². The predicted molar refractivity (Wildman–Crippen MR) is 70.4 cm³/mol. The molecular formula is C10H16IN3O2. The van der Waals surface area contributed by atoms with Gasteiger partial charge in [0, 0.05) is 32.9 Å². The molecule has 0 aliphatic carbocycles. The zero-order chi connectivity index (χ0) is 12.0. The Hall–Kier alpha value is -0.470. The molecule has 90 valence electrons. The van der Waals surface area contributed by atoms with Crippen molar-refractivity contribution in [3.63, 3.8) is 0 Å². The van der Waals surface area contributed by atoms with Crippen molar-refractivity contribution < 1.29 is 9.84 Å². The van der Waals surface area contributed by atoms with Crippen molar-refractivity contribution in [3.8, 4) is 0 Å². The Balaban J connectivity index is 2.47. The summed E-state index contributed by atoms with van der Waals surface area (Å²) in [7, 11) is 1.62. The highest BCUT2D eigenvalue weighted by atomic mass is 127. The van der Waals surface area contributed by atoms with Crippen LogP contribution in [0.15, 0.2) is 12.5 Å². The number of nitrogens with zero attached hydrogens (tertiary/aromatic N) is 2. The number of methoxy groups -OCH3 is 1. The smallest absolute Gasteiger partial charge is 0.142 e. The monoisotopic (exact) mass is 337 g/mol. The average molecular weight is 337 g/mol. The van der Waals surface area contributed by atoms with Gasteiger partial charge in [0.05, 0.1) is 9.17 Å². The molecule has 0 spiro atoms. The van der Waals surface area contributed by atoms with Gasteiger partial charge in [0.25, 0.3) is 0 Å². The molecule has 1 rings (SSSR count). The van der Waals surface area contributed by atoms with Gasteiger partial charge in [0.2, 0.25) is 0 Å². The van der Waals surface area contributed by atoms with Crippen LogP contribution in [0.4, 0.5) is 5.82 Å². The van der Waals surface area contributed by atoms with Gasteiger partial charge in [-0.2, -0.15) is 0 Å². The van der Waals surface area contributed by atoms with E-state index in [1.807, 2.05) is 0 Å². The van der Waals surface area contributed by atoms with Gasteiger partial charge in [-0.25, -0.2) is 9.97 Å². The van der Waals surface area contributed by atoms with E-state index >= 15 is 0 Å². The van der Waals surface area contributed by atoms with Gasteiger partial charge in [-0.05, 0) is 29.5 Å². The summed E-state index contributed by atoms with van der Waals surface area (Å²) < 4.78 is 5.87. The standard InChI is InChI=1S/C10H16IN3O2/c1-10(15,3-4-16-2)6-13-9-8(11)5-12-7-14-9/h5,7,15H,3-4,6H2,1-2H3,(H,12,13,14). The van der Waals surface area contributed by atoms with E-state index in [1.165, 1.54) is 6.33 Å². The van der Waals surface area contributed by atoms with Gasteiger partial charge in [0.15, 0.2) is 0 Å². The van der Waals surface area contributed by atoms with Crippen LogP contribution in [-0.4, -0.2) is 40.9 Å². The Labute approximate surface area is 109 Å². The van der Waals surface area contributed by atoms with E-state index in [2.05, 4.69) is 37.9 Å². The molecular weight excluding hydrogens is 321 g/mol. The predicted octanol–water partition coefficient (Wildman–Crippen LogP) is 1.28. The van der Waals surface area contributed by atoms with Crippen molar-refractivity contribution in [1.82, 2.24) is 9.97 Å². The maximum atomic E-state index is 10.0. The summed E-state index contributed by atoms with van der Waals surface area (Å²) >= 11 is 2.15. The molecule has 1 aromatic heterocycles. The van der Waals surface area contributed by atoms with Crippen molar-refractivity contribution in [3.05, 3.63) is 16.1 Å². The Morgan fingerprint density at radius 1 is 1.62 bits per heavy atom. The minimum Gasteiger partial charge on any atom is -0.388 e. The lowest BCUT2D eigenvalue weighted by molar-refractivity contribution is 0.0357. The summed E-state index contributed by atoms with van der Waals surface area (Å²) in [4.78, 5) is 7.99. The zero-order valence-electron chi connectivity index (χ0n) is 9.40. The first kappa shape index (κ1) is 13.6. The Morgan fingerprint density at radius 2 is 2.38 bits per heavy atom. The molecule has 0 radical (unpaired) electrons. The van der Waals surface area contributed by atoms with Crippen molar-refractivity contribution in [2.45, 2.75) is 18.9 Å². The Morgan fingerprint density at radius 3 is 3.00 bits per heavy atom. The van der Waals surface area contributed by atoms with Crippen LogP contribution >= 0.6 is 22.6 Å². The van der Waals surface area contributed by atoms with Crippen molar-refractivity contribution >= 4 is 28.4 Å². The SMILES string of the molecule is COCCC(C)(O)CNc1ncncc1I. The first-order valence-corrected chi connectivity index (χ1v) is 6.04. The molecule has 0 bridgehead atoms. The fraction of sp³-hybridized carbons (Fsp3) is 0.600. The van der Waals surface area contributed by atoms with E-state index in [0.29, 0.717) is 19.6 Å². The number of halogens is 1. The molecule has 0 aliphatic rings. The number of rotatable bonds is 6. The summed E-state index contributed by atoms with van der Waals surface area (Å²) in [6.07, 6.45) is 3.78. The van der Waals surface area contributed by atoms with Gasteiger partial charge >= 0.3 is 0 Å². The number of aliphatic hydroxyl groups is 1. The minimum atomic E-state index is -0.802. The third kappa shape index (κ3) is 4.58. The summed E-state index contributed by atoms with van der Waals surface area (Å²) in [6.45, 7) is 2.74. The van der Waals surface area contributed by atoms with Crippen molar-refractivity contribution in [1.29, 1.82) is 0 Å². The summed E-state index contributed by atoms with van der Waals surface area (Å²) in [5.41, 5.74) is -0.802. The fourth-order valence-corrected chi connectivity index (χ4v) is 1.62. The molecule has 5 nitrogen and oxygen atoms in total. The van der Waals surface area contributed by atoms with Crippen LogP contribution in [0.2, 0.25) is 0 Å². The third-order valence-electron chi connectivity index (χ3n) is 2.15. The maximum absolute atomic E-state index is 10.0. The molecule has 16 heavy (non-hydrogen) atoms. The van der Waals surface area contributed by atoms with Gasteiger partial charge in [-0.15, -0.1) is 0 Å². The number of hydrogen-bond acceptors (Lipinski definition) is 5. The Bertz CT molecular complexity index is 334. The largest absolute Gasteiger partial charge is 0.388 e. The highest BCUT2D eigenvalue weighted by molar-refractivity contribution is 14.1. The first-order valence-electron chi connectivity index (χ1n) is 4.96. The maximum Gasteiger partial charge on any atom is 0.142 e. The molecule has 1 unspecified atom stereocenters. The molecule has 0 aliphatic heterocycles. The van der Waals surface area contributed by atoms with Gasteiger partial charge < -0.3 is 15.2 Å². The molecule has 6 heteroatoms. The molecule has 1 aromatic rings. The molecule has 0 saturated carbocycles. The molecule has 0 amide bonds. The van der Waals surface area contributed by atoms with Crippen LogP contribution < -0.4 is 5.32 Å². The summed E-state index contributed by atoms with van der Waals surface area (Å²) in [6, 6.07) is 0. The molecule has 2 N–H and O–H groups in total. The lowest BCUT2D eigenvalue weighted by atomic mass is 10.0. The normalized spacial score (nSPS) is 14.5. The van der Waals surface area contributed by atoms with Crippen LogP contribution in [0, 0.1) is 3.57 Å². The number of nitrogens with one attached hydrogen (secondary N) is 1. The zero-order valence-corrected chi connectivity index (χ0v) is 11.6. The van der Waals surface area contributed by atoms with E-state index in [-0.39, 0.29) is 0 Å². The molecule has 0 aromatic carbocycles. The lowest BCUT2D eigenvalue weighted by Crippen LogP contribution is -2.35. The highest BCUT2D eigenvalue weighted by Gasteiger charge is 2.20. The molecule has 0 saturated heterocycles. The van der Waals surface area contributed by atoms with Gasteiger partial charge in [-0.1, -0.05) is 0 Å². The molecule has 1 atom stereocenters. The second-order valence-electron chi connectivity index (χ2n) is 3.81. The van der Waals surface area contributed by atoms with Crippen LogP contribution in [-0.2, 0) is 4.74 Å². The van der Waals surface area contributed by atoms with Crippen molar-refractivity contribution in [2.24, 2.45) is 0 Å². The van der Waals surface area contributed by atoms with Crippen molar-refractivity contribution in [2.75, 3.05) is 25.6 Å². The lowest BCUT2D eigenvalue weighted by Gasteiger charge is -2.23. The second kappa shape index (κ2) is 6.31. The number of anilines is 1. The summed E-state index contributed by atoms with van der Waals surface area (Å²) in [5.74, 6) is 0.744. The van der Waals surface area contributed by atoms with Crippen LogP contribution in [0.5, 0.6) is 0 Å². The number of ether oxygens (including phenoxy) is 1. The van der Waals surface area contributed by atoms with E-state index in [9.17, 15) is 5.11 Å². The van der Waals surface area contributed by atoms with E-state index in [0.717, 1.165) is 9.39 Å². The van der Waals surface area contributed by atoms with Gasteiger partial charge in [-0.3, -0.25) is 0 Å². The number of hydrogen-bond donors (Lipinski definition) is 2. The second-order valence-corrected chi connectivity index (χ2v) is 4.97. The first-order chi connectivity index (χ1) is 7.55. The third-order valence-corrected chi connectivity index (χ3v) is 2.94. The summed E-state index contributed by atoms with van der Waals surface area (Å²) in [5, 5.41) is 13.1. The molecule has 1 heterocycles.